The molecule has 1 heterocycles. The first-order valence-corrected chi connectivity index (χ1v) is 9.62. The van der Waals surface area contributed by atoms with Gasteiger partial charge in [-0.25, -0.2) is 0 Å². The van der Waals surface area contributed by atoms with E-state index >= 15 is 0 Å². The molecule has 0 spiro atoms. The number of ether oxygens (including phenoxy) is 1. The van der Waals surface area contributed by atoms with E-state index in [0.29, 0.717) is 22.8 Å². The molecule has 0 aliphatic heterocycles. The van der Waals surface area contributed by atoms with Gasteiger partial charge < -0.3 is 19.9 Å². The monoisotopic (exact) mass is 436 g/mol. The van der Waals surface area contributed by atoms with Gasteiger partial charge in [-0.15, -0.1) is 11.6 Å². The van der Waals surface area contributed by atoms with Crippen LogP contribution in [0.15, 0.2) is 52.8 Å². The van der Waals surface area contributed by atoms with Crippen molar-refractivity contribution < 1.29 is 18.8 Å². The Kier molecular flexibility index (Phi) is 7.26. The number of carbonyl (C=O) groups is 2. The van der Waals surface area contributed by atoms with Crippen molar-refractivity contribution in [3.05, 3.63) is 59.2 Å². The Morgan fingerprint density at radius 2 is 2.10 bits per heavy atom. The highest BCUT2D eigenvalue weighted by Crippen LogP contribution is 2.20. The van der Waals surface area contributed by atoms with E-state index in [4.69, 9.17) is 32.5 Å². The standard InChI is InChI=1S/C19H18Cl2N4O4/c20-13-4-6-15(7-5-13)28-11-16(26)22-8-9-23-18(27)19-24-17(25-29-19)12-2-1-3-14(21)10-12/h1-4,6-7,10,13H,5,8-9,11H2,(H,22,26)(H,23,27). The van der Waals surface area contributed by atoms with Gasteiger partial charge in [0, 0.05) is 23.7 Å². The number of alkyl halides is 1. The molecule has 1 unspecified atom stereocenters. The number of rotatable bonds is 8. The highest BCUT2D eigenvalue weighted by molar-refractivity contribution is 6.30. The van der Waals surface area contributed by atoms with Gasteiger partial charge in [-0.1, -0.05) is 35.0 Å². The van der Waals surface area contributed by atoms with Gasteiger partial charge in [-0.2, -0.15) is 4.98 Å². The van der Waals surface area contributed by atoms with Gasteiger partial charge >= 0.3 is 11.8 Å². The normalized spacial score (nSPS) is 15.5. The number of hydrogen-bond acceptors (Lipinski definition) is 6. The lowest BCUT2D eigenvalue weighted by Gasteiger charge is -2.12. The summed E-state index contributed by atoms with van der Waals surface area (Å²) in [7, 11) is 0. The Hall–Kier alpha value is -2.84. The van der Waals surface area contributed by atoms with Crippen molar-refractivity contribution in [1.29, 1.82) is 0 Å². The lowest BCUT2D eigenvalue weighted by Crippen LogP contribution is -2.36. The maximum atomic E-state index is 12.1. The molecule has 0 bridgehead atoms. The molecule has 3 rings (SSSR count). The number of halogens is 2. The number of nitrogens with zero attached hydrogens (tertiary/aromatic N) is 2. The van der Waals surface area contributed by atoms with Gasteiger partial charge in [0.1, 0.15) is 5.76 Å². The Morgan fingerprint density at radius 1 is 1.28 bits per heavy atom. The molecule has 1 atom stereocenters. The maximum absolute atomic E-state index is 12.1. The number of aromatic nitrogens is 2. The molecule has 0 saturated carbocycles. The number of hydrogen-bond donors (Lipinski definition) is 2. The second-order valence-corrected chi connectivity index (χ2v) is 7.04. The minimum Gasteiger partial charge on any atom is -0.484 e. The summed E-state index contributed by atoms with van der Waals surface area (Å²) in [5.41, 5.74) is 0.636. The topological polar surface area (TPSA) is 106 Å². The van der Waals surface area contributed by atoms with E-state index in [0.717, 1.165) is 0 Å². The van der Waals surface area contributed by atoms with Gasteiger partial charge in [-0.3, -0.25) is 9.59 Å². The molecule has 1 aromatic carbocycles. The minimum absolute atomic E-state index is 0.0415. The van der Waals surface area contributed by atoms with Crippen LogP contribution in [0.1, 0.15) is 17.1 Å². The summed E-state index contributed by atoms with van der Waals surface area (Å²) >= 11 is 11.8. The summed E-state index contributed by atoms with van der Waals surface area (Å²) in [6.45, 7) is 0.293. The van der Waals surface area contributed by atoms with Crippen LogP contribution in [0.2, 0.25) is 5.02 Å². The quantitative estimate of drug-likeness (QED) is 0.486. The van der Waals surface area contributed by atoms with Gasteiger partial charge in [0.2, 0.25) is 5.82 Å². The molecule has 1 aliphatic rings. The second-order valence-electron chi connectivity index (χ2n) is 6.05. The molecule has 1 aromatic heterocycles. The molecule has 10 heteroatoms. The average molecular weight is 437 g/mol. The van der Waals surface area contributed by atoms with Crippen molar-refractivity contribution in [1.82, 2.24) is 20.8 Å². The van der Waals surface area contributed by atoms with Crippen LogP contribution in [0.25, 0.3) is 11.4 Å². The smallest absolute Gasteiger partial charge is 0.316 e. The van der Waals surface area contributed by atoms with Crippen molar-refractivity contribution in [2.75, 3.05) is 19.7 Å². The fourth-order valence-corrected chi connectivity index (χ4v) is 2.75. The highest BCUT2D eigenvalue weighted by atomic mass is 35.5. The number of amides is 2. The number of nitrogens with one attached hydrogen (secondary N) is 2. The lowest BCUT2D eigenvalue weighted by atomic mass is 10.2. The molecule has 0 saturated heterocycles. The van der Waals surface area contributed by atoms with E-state index in [1.54, 1.807) is 36.4 Å². The van der Waals surface area contributed by atoms with Crippen LogP contribution in [-0.4, -0.2) is 47.0 Å². The summed E-state index contributed by atoms with van der Waals surface area (Å²) < 4.78 is 10.3. The lowest BCUT2D eigenvalue weighted by molar-refractivity contribution is -0.124. The van der Waals surface area contributed by atoms with Crippen LogP contribution >= 0.6 is 23.2 Å². The Bertz CT molecular complexity index is 942. The summed E-state index contributed by atoms with van der Waals surface area (Å²) in [6, 6.07) is 6.88. The molecule has 2 aromatic rings. The Labute approximate surface area is 176 Å². The fourth-order valence-electron chi connectivity index (χ4n) is 2.40. The van der Waals surface area contributed by atoms with Crippen LogP contribution in [0.3, 0.4) is 0 Å². The van der Waals surface area contributed by atoms with E-state index in [9.17, 15) is 9.59 Å². The largest absolute Gasteiger partial charge is 0.484 e. The van der Waals surface area contributed by atoms with Crippen molar-refractivity contribution in [3.8, 4) is 11.4 Å². The predicted octanol–water partition coefficient (Wildman–Crippen LogP) is 2.70. The number of allylic oxidation sites excluding steroid dienone is 3. The van der Waals surface area contributed by atoms with E-state index < -0.39 is 5.91 Å². The summed E-state index contributed by atoms with van der Waals surface area (Å²) in [5, 5.41) is 9.48. The molecule has 8 nitrogen and oxygen atoms in total. The van der Waals surface area contributed by atoms with Gasteiger partial charge in [0.25, 0.3) is 5.91 Å². The van der Waals surface area contributed by atoms with Gasteiger partial charge in [0.05, 0.1) is 5.38 Å². The first-order chi connectivity index (χ1) is 14.0. The van der Waals surface area contributed by atoms with Crippen molar-refractivity contribution in [3.63, 3.8) is 0 Å². The third-order valence-corrected chi connectivity index (χ3v) is 4.38. The van der Waals surface area contributed by atoms with Crippen LogP contribution in [-0.2, 0) is 9.53 Å². The predicted molar refractivity (Wildman–Crippen MR) is 108 cm³/mol. The molecule has 152 valence electrons. The molecule has 0 fully saturated rings. The summed E-state index contributed by atoms with van der Waals surface area (Å²) in [4.78, 5) is 27.9. The van der Waals surface area contributed by atoms with Gasteiger partial charge in [0.15, 0.2) is 6.61 Å². The number of carbonyl (C=O) groups excluding carboxylic acids is 2. The molecule has 1 aliphatic carbocycles. The molecule has 29 heavy (non-hydrogen) atoms. The van der Waals surface area contributed by atoms with Crippen molar-refractivity contribution in [2.24, 2.45) is 0 Å². The zero-order valence-electron chi connectivity index (χ0n) is 15.2. The van der Waals surface area contributed by atoms with E-state index in [2.05, 4.69) is 20.8 Å². The van der Waals surface area contributed by atoms with Crippen LogP contribution in [0.4, 0.5) is 0 Å². The zero-order valence-corrected chi connectivity index (χ0v) is 16.7. The zero-order chi connectivity index (χ0) is 20.6. The van der Waals surface area contributed by atoms with Crippen LogP contribution in [0, 0.1) is 0 Å². The fraction of sp³-hybridized carbons (Fsp3) is 0.263. The van der Waals surface area contributed by atoms with Gasteiger partial charge in [-0.05, 0) is 30.7 Å². The maximum Gasteiger partial charge on any atom is 0.316 e. The SMILES string of the molecule is O=C(COC1=CCC(Cl)C=C1)NCCNC(=O)c1nc(-c2cccc(Cl)c2)no1. The third kappa shape index (κ3) is 6.33. The van der Waals surface area contributed by atoms with Crippen molar-refractivity contribution >= 4 is 35.0 Å². The number of benzene rings is 1. The molecular weight excluding hydrogens is 419 g/mol. The minimum atomic E-state index is -0.538. The summed E-state index contributed by atoms with van der Waals surface area (Å²) in [5.74, 6) is -0.151. The second kappa shape index (κ2) is 10.1. The average Bonchev–Trinajstić information content (AvgIpc) is 3.21. The highest BCUT2D eigenvalue weighted by Gasteiger charge is 2.16. The van der Waals surface area contributed by atoms with Crippen LogP contribution < -0.4 is 10.6 Å². The summed E-state index contributed by atoms with van der Waals surface area (Å²) in [6.07, 6.45) is 6.03. The molecule has 2 N–H and O–H groups in total. The van der Waals surface area contributed by atoms with E-state index in [-0.39, 0.29) is 42.7 Å². The van der Waals surface area contributed by atoms with E-state index in [1.807, 2.05) is 6.08 Å². The first-order valence-electron chi connectivity index (χ1n) is 8.81. The molecule has 0 radical (unpaired) electrons. The van der Waals surface area contributed by atoms with Crippen molar-refractivity contribution in [2.45, 2.75) is 11.8 Å². The third-order valence-electron chi connectivity index (χ3n) is 3.82. The Morgan fingerprint density at radius 3 is 2.86 bits per heavy atom. The Balaban J connectivity index is 1.37. The van der Waals surface area contributed by atoms with Crippen LogP contribution in [0.5, 0.6) is 0 Å². The first kappa shape index (κ1) is 20.9. The molecular formula is C19H18Cl2N4O4. The van der Waals surface area contributed by atoms with E-state index in [1.165, 1.54) is 0 Å². The molecule has 2 amide bonds.